The van der Waals surface area contributed by atoms with Crippen molar-refractivity contribution in [2.75, 3.05) is 0 Å². The number of rotatable bonds is 4. The molecule has 1 aromatic carbocycles. The molecule has 0 aliphatic rings. The third-order valence-corrected chi connectivity index (χ3v) is 2.84. The van der Waals surface area contributed by atoms with E-state index in [1.165, 1.54) is 0 Å². The first-order chi connectivity index (χ1) is 10.1. The Morgan fingerprint density at radius 1 is 1.43 bits per heavy atom. The number of hydrogen-bond donors (Lipinski definition) is 1. The first kappa shape index (κ1) is 13.0. The molecule has 0 saturated heterocycles. The van der Waals surface area contributed by atoms with E-state index in [2.05, 4.69) is 9.97 Å². The van der Waals surface area contributed by atoms with Crippen LogP contribution >= 0.6 is 0 Å². The molecule has 0 saturated carbocycles. The van der Waals surface area contributed by atoms with Gasteiger partial charge in [-0.25, -0.2) is 19.2 Å². The molecule has 0 aliphatic carbocycles. The van der Waals surface area contributed by atoms with Gasteiger partial charge in [0.1, 0.15) is 23.7 Å². The monoisotopic (exact) mass is 287 g/mol. The number of benzene rings is 1. The van der Waals surface area contributed by atoms with E-state index in [4.69, 9.17) is 9.84 Å². The van der Waals surface area contributed by atoms with Crippen molar-refractivity contribution in [2.24, 2.45) is 0 Å². The molecule has 0 amide bonds. The van der Waals surface area contributed by atoms with Crippen LogP contribution in [0.5, 0.6) is 5.75 Å². The molecule has 6 nitrogen and oxygen atoms in total. The molecule has 2 heterocycles. The first-order valence-corrected chi connectivity index (χ1v) is 6.08. The maximum Gasteiger partial charge on any atom is 0.339 e. The molecule has 0 atom stereocenters. The van der Waals surface area contributed by atoms with Gasteiger partial charge in [0.2, 0.25) is 5.78 Å². The summed E-state index contributed by atoms with van der Waals surface area (Å²) in [6.07, 6.45) is 5.11. The largest absolute Gasteiger partial charge is 0.486 e. The molecule has 1 N–H and O–H groups in total. The molecule has 0 radical (unpaired) electrons. The molecule has 0 aliphatic heterocycles. The van der Waals surface area contributed by atoms with Crippen molar-refractivity contribution in [3.05, 3.63) is 59.9 Å². The van der Waals surface area contributed by atoms with Crippen LogP contribution in [-0.2, 0) is 6.61 Å². The Hall–Kier alpha value is -2.96. The van der Waals surface area contributed by atoms with Gasteiger partial charge in [-0.15, -0.1) is 0 Å². The highest BCUT2D eigenvalue weighted by Gasteiger charge is 2.13. The van der Waals surface area contributed by atoms with Gasteiger partial charge < -0.3 is 9.84 Å². The van der Waals surface area contributed by atoms with Crippen LogP contribution in [0.3, 0.4) is 0 Å². The maximum atomic E-state index is 13.2. The standard InChI is InChI=1S/C14H10FN3O3/c15-9-2-3-11(13(19)20)12(6-9)21-8-10-7-18-5-1-4-16-14(18)17-10/h1-7H,8H2,(H,19,20). The molecule has 0 unspecified atom stereocenters. The number of fused-ring (bicyclic) bond motifs is 1. The first-order valence-electron chi connectivity index (χ1n) is 6.08. The van der Waals surface area contributed by atoms with Crippen molar-refractivity contribution >= 4 is 11.7 Å². The number of ether oxygens (including phenoxy) is 1. The fourth-order valence-electron chi connectivity index (χ4n) is 1.89. The highest BCUT2D eigenvalue weighted by atomic mass is 19.1. The number of carbonyl (C=O) groups is 1. The third-order valence-electron chi connectivity index (χ3n) is 2.84. The second-order valence-corrected chi connectivity index (χ2v) is 4.29. The summed E-state index contributed by atoms with van der Waals surface area (Å²) in [4.78, 5) is 19.3. The smallest absolute Gasteiger partial charge is 0.339 e. The van der Waals surface area contributed by atoms with Gasteiger partial charge >= 0.3 is 5.97 Å². The van der Waals surface area contributed by atoms with Crippen LogP contribution in [0.25, 0.3) is 5.78 Å². The average molecular weight is 287 g/mol. The summed E-state index contributed by atoms with van der Waals surface area (Å²) in [6.45, 7) is 0.0209. The molecule has 0 bridgehead atoms. The molecule has 3 aromatic rings. The van der Waals surface area contributed by atoms with Crippen molar-refractivity contribution in [2.45, 2.75) is 6.61 Å². The molecule has 0 fully saturated rings. The minimum absolute atomic E-state index is 0.0209. The van der Waals surface area contributed by atoms with Gasteiger partial charge in [-0.2, -0.15) is 0 Å². The molecule has 7 heteroatoms. The van der Waals surface area contributed by atoms with Crippen molar-refractivity contribution in [1.82, 2.24) is 14.4 Å². The van der Waals surface area contributed by atoms with E-state index in [0.717, 1.165) is 18.2 Å². The summed E-state index contributed by atoms with van der Waals surface area (Å²) in [6, 6.07) is 5.04. The predicted molar refractivity (Wildman–Crippen MR) is 70.7 cm³/mol. The van der Waals surface area contributed by atoms with Gasteiger partial charge in [0, 0.05) is 24.7 Å². The Morgan fingerprint density at radius 3 is 3.05 bits per heavy atom. The van der Waals surface area contributed by atoms with E-state index < -0.39 is 11.8 Å². The number of carboxylic acids is 1. The third kappa shape index (κ3) is 2.66. The lowest BCUT2D eigenvalue weighted by atomic mass is 10.2. The number of carboxylic acid groups (broad SMARTS) is 1. The molecular weight excluding hydrogens is 277 g/mol. The van der Waals surface area contributed by atoms with Crippen LogP contribution in [0.1, 0.15) is 16.1 Å². The van der Waals surface area contributed by atoms with Gasteiger partial charge in [-0.3, -0.25) is 4.40 Å². The number of halogens is 1. The maximum absolute atomic E-state index is 13.2. The second-order valence-electron chi connectivity index (χ2n) is 4.29. The number of aromatic nitrogens is 3. The number of imidazole rings is 1. The fourth-order valence-corrected chi connectivity index (χ4v) is 1.89. The topological polar surface area (TPSA) is 76.7 Å². The average Bonchev–Trinajstić information content (AvgIpc) is 2.87. The number of nitrogens with zero attached hydrogens (tertiary/aromatic N) is 3. The molecular formula is C14H10FN3O3. The van der Waals surface area contributed by atoms with E-state index in [0.29, 0.717) is 11.5 Å². The van der Waals surface area contributed by atoms with Crippen LogP contribution in [0.15, 0.2) is 42.9 Å². The van der Waals surface area contributed by atoms with Crippen LogP contribution in [0, 0.1) is 5.82 Å². The summed E-state index contributed by atoms with van der Waals surface area (Å²) in [5, 5.41) is 9.04. The Bertz CT molecular complexity index is 783. The second kappa shape index (κ2) is 5.20. The van der Waals surface area contributed by atoms with Gasteiger partial charge in [0.05, 0.1) is 5.69 Å². The molecule has 0 spiro atoms. The Labute approximate surface area is 118 Å². The minimum Gasteiger partial charge on any atom is -0.486 e. The Balaban J connectivity index is 1.84. The van der Waals surface area contributed by atoms with Gasteiger partial charge in [0.25, 0.3) is 0 Å². The quantitative estimate of drug-likeness (QED) is 0.795. The van der Waals surface area contributed by atoms with Crippen LogP contribution < -0.4 is 4.74 Å². The van der Waals surface area contributed by atoms with E-state index in [1.54, 1.807) is 29.1 Å². The normalized spacial score (nSPS) is 10.7. The zero-order chi connectivity index (χ0) is 14.8. The zero-order valence-corrected chi connectivity index (χ0v) is 10.7. The van der Waals surface area contributed by atoms with Crippen LogP contribution in [-0.4, -0.2) is 25.4 Å². The van der Waals surface area contributed by atoms with Crippen molar-refractivity contribution in [3.8, 4) is 5.75 Å². The molecule has 2 aromatic heterocycles. The van der Waals surface area contributed by atoms with Crippen molar-refractivity contribution < 1.29 is 19.0 Å². The summed E-state index contributed by atoms with van der Waals surface area (Å²) >= 11 is 0. The summed E-state index contributed by atoms with van der Waals surface area (Å²) < 4.78 is 20.3. The van der Waals surface area contributed by atoms with Gasteiger partial charge in [-0.05, 0) is 18.2 Å². The minimum atomic E-state index is -1.18. The molecule has 3 rings (SSSR count). The van der Waals surface area contributed by atoms with E-state index >= 15 is 0 Å². The van der Waals surface area contributed by atoms with Crippen molar-refractivity contribution in [3.63, 3.8) is 0 Å². The highest BCUT2D eigenvalue weighted by molar-refractivity contribution is 5.90. The lowest BCUT2D eigenvalue weighted by Gasteiger charge is -2.07. The van der Waals surface area contributed by atoms with Gasteiger partial charge in [-0.1, -0.05) is 0 Å². The van der Waals surface area contributed by atoms with Gasteiger partial charge in [0.15, 0.2) is 0 Å². The zero-order valence-electron chi connectivity index (χ0n) is 10.7. The Kier molecular flexibility index (Phi) is 3.23. The lowest BCUT2D eigenvalue weighted by Crippen LogP contribution is -2.04. The lowest BCUT2D eigenvalue weighted by molar-refractivity contribution is 0.0691. The number of aromatic carboxylic acids is 1. The SMILES string of the molecule is O=C(O)c1ccc(F)cc1OCc1cn2cccnc2n1. The molecule has 106 valence electrons. The van der Waals surface area contributed by atoms with Crippen molar-refractivity contribution in [1.29, 1.82) is 0 Å². The summed E-state index contributed by atoms with van der Waals surface area (Å²) in [7, 11) is 0. The number of hydrogen-bond acceptors (Lipinski definition) is 4. The summed E-state index contributed by atoms with van der Waals surface area (Å²) in [5.41, 5.74) is 0.465. The Morgan fingerprint density at radius 2 is 2.29 bits per heavy atom. The van der Waals surface area contributed by atoms with Crippen LogP contribution in [0.4, 0.5) is 4.39 Å². The van der Waals surface area contributed by atoms with E-state index in [1.807, 2.05) is 0 Å². The molecule has 21 heavy (non-hydrogen) atoms. The predicted octanol–water partition coefficient (Wildman–Crippen LogP) is 2.15. The fraction of sp³-hybridized carbons (Fsp3) is 0.0714. The summed E-state index contributed by atoms with van der Waals surface area (Å²) in [5.74, 6) is -1.27. The highest BCUT2D eigenvalue weighted by Crippen LogP contribution is 2.21. The van der Waals surface area contributed by atoms with E-state index in [-0.39, 0.29) is 17.9 Å². The van der Waals surface area contributed by atoms with Crippen LogP contribution in [0.2, 0.25) is 0 Å². The van der Waals surface area contributed by atoms with E-state index in [9.17, 15) is 9.18 Å².